The van der Waals surface area contributed by atoms with Gasteiger partial charge in [0, 0.05) is 48.8 Å². The second-order valence-electron chi connectivity index (χ2n) is 14.3. The number of furan rings is 1. The number of carbonyl (C=O) groups excluding carboxylic acids is 1. The molecule has 2 aromatic heterocycles. The van der Waals surface area contributed by atoms with Gasteiger partial charge in [0.1, 0.15) is 5.58 Å². The van der Waals surface area contributed by atoms with E-state index >= 15 is 0 Å². The van der Waals surface area contributed by atoms with Crippen molar-refractivity contribution in [3.05, 3.63) is 157 Å². The molecule has 0 radical (unpaired) electrons. The number of nitrogens with one attached hydrogen (secondary N) is 2. The zero-order chi connectivity index (χ0) is 41.0. The summed E-state index contributed by atoms with van der Waals surface area (Å²) in [4.78, 5) is 18.6. The standard InChI is InChI=1S/C44H41N7O6S2/c45-31-33-19-21-41-40(28-33)34(32-50(41)58(53,54)46-36-13-4-1-5-14-36)12-10-11-23-48-24-26-49(27-25-48)39-20-22-42-35(29-39)30-43(57-42)44(52)51(38-17-8-3-9-18-38)59(55,56)47-37-15-6-2-7-16-37/h1-9,13-22,28-30,32,46-47H,10-12,23-27H2. The van der Waals surface area contributed by atoms with Gasteiger partial charge in [-0.15, -0.1) is 0 Å². The number of nitriles is 1. The average molecular weight is 828 g/mol. The highest BCUT2D eigenvalue weighted by atomic mass is 32.2. The van der Waals surface area contributed by atoms with Crippen LogP contribution in [0.2, 0.25) is 0 Å². The molecule has 8 rings (SSSR count). The monoisotopic (exact) mass is 827 g/mol. The highest BCUT2D eigenvalue weighted by Gasteiger charge is 2.33. The molecule has 7 aromatic rings. The summed E-state index contributed by atoms with van der Waals surface area (Å²) in [5, 5.41) is 11.0. The van der Waals surface area contributed by atoms with Crippen molar-refractivity contribution in [1.29, 1.82) is 5.26 Å². The van der Waals surface area contributed by atoms with E-state index in [-0.39, 0.29) is 11.4 Å². The molecular formula is C44H41N7O6S2. The fraction of sp³-hybridized carbons (Fsp3) is 0.182. The van der Waals surface area contributed by atoms with Crippen LogP contribution in [-0.4, -0.2) is 64.3 Å². The van der Waals surface area contributed by atoms with E-state index in [1.54, 1.807) is 121 Å². The van der Waals surface area contributed by atoms with Crippen LogP contribution >= 0.6 is 0 Å². The number of hydrogen-bond acceptors (Lipinski definition) is 9. The Morgan fingerprint density at radius 3 is 2.08 bits per heavy atom. The minimum atomic E-state index is -4.37. The first-order valence-corrected chi connectivity index (χ1v) is 22.1. The van der Waals surface area contributed by atoms with Crippen LogP contribution in [0.25, 0.3) is 21.9 Å². The van der Waals surface area contributed by atoms with Gasteiger partial charge in [-0.3, -0.25) is 19.1 Å². The Kier molecular flexibility index (Phi) is 11.1. The number of carbonyl (C=O) groups is 1. The van der Waals surface area contributed by atoms with E-state index in [0.29, 0.717) is 39.8 Å². The SMILES string of the molecule is N#Cc1ccc2c(c1)c(CCCCN1CCN(c3ccc4oc(C(=O)N(c5ccccc5)S(=O)(=O)Nc5ccccc5)cc4c3)CC1)cn2S(=O)(=O)Nc1ccccc1. The lowest BCUT2D eigenvalue weighted by atomic mass is 10.1. The fourth-order valence-electron chi connectivity index (χ4n) is 7.38. The van der Waals surface area contributed by atoms with Crippen LogP contribution < -0.4 is 18.6 Å². The Hall–Kier alpha value is -6.60. The number of unbranched alkanes of at least 4 members (excludes halogenated alkanes) is 1. The van der Waals surface area contributed by atoms with Gasteiger partial charge in [0.2, 0.25) is 0 Å². The van der Waals surface area contributed by atoms with Gasteiger partial charge >= 0.3 is 26.3 Å². The molecule has 0 bridgehead atoms. The van der Waals surface area contributed by atoms with Gasteiger partial charge in [-0.25, -0.2) is 3.97 Å². The first kappa shape index (κ1) is 39.2. The molecule has 3 heterocycles. The normalized spacial score (nSPS) is 13.6. The van der Waals surface area contributed by atoms with Crippen molar-refractivity contribution in [3.63, 3.8) is 0 Å². The maximum atomic E-state index is 13.9. The van der Waals surface area contributed by atoms with Crippen LogP contribution in [0.3, 0.4) is 0 Å². The van der Waals surface area contributed by atoms with Gasteiger partial charge in [0.05, 0.1) is 34.2 Å². The highest BCUT2D eigenvalue weighted by Crippen LogP contribution is 2.30. The summed E-state index contributed by atoms with van der Waals surface area (Å²) in [7, 11) is -8.30. The molecule has 1 aliphatic rings. The summed E-state index contributed by atoms with van der Waals surface area (Å²) in [6.07, 6.45) is 4.07. The Morgan fingerprint density at radius 2 is 1.41 bits per heavy atom. The third-order valence-corrected chi connectivity index (χ3v) is 13.0. The molecule has 0 aliphatic carbocycles. The lowest BCUT2D eigenvalue weighted by molar-refractivity contribution is 0.0981. The van der Waals surface area contributed by atoms with E-state index < -0.39 is 26.3 Å². The Morgan fingerprint density at radius 1 is 0.746 bits per heavy atom. The second-order valence-corrected chi connectivity index (χ2v) is 17.3. The molecular weight excluding hydrogens is 787 g/mol. The van der Waals surface area contributed by atoms with Gasteiger partial charge in [-0.2, -0.15) is 26.4 Å². The van der Waals surface area contributed by atoms with E-state index in [9.17, 15) is 26.9 Å². The number of benzene rings is 5. The summed E-state index contributed by atoms with van der Waals surface area (Å²) in [5.74, 6) is -0.932. The number of para-hydroxylation sites is 3. The van der Waals surface area contributed by atoms with Crippen molar-refractivity contribution in [2.75, 3.05) is 51.4 Å². The zero-order valence-electron chi connectivity index (χ0n) is 31.9. The summed E-state index contributed by atoms with van der Waals surface area (Å²) in [5.41, 5.74) is 4.26. The predicted octanol–water partition coefficient (Wildman–Crippen LogP) is 7.61. The quantitative estimate of drug-likeness (QED) is 0.105. The third-order valence-electron chi connectivity index (χ3n) is 10.3. The molecule has 15 heteroatoms. The lowest BCUT2D eigenvalue weighted by Gasteiger charge is -2.36. The number of aromatic nitrogens is 1. The number of aryl methyl sites for hydroxylation is 1. The number of amides is 1. The van der Waals surface area contributed by atoms with Crippen molar-refractivity contribution in [2.45, 2.75) is 19.3 Å². The molecule has 5 aromatic carbocycles. The van der Waals surface area contributed by atoms with Crippen molar-refractivity contribution in [3.8, 4) is 6.07 Å². The summed E-state index contributed by atoms with van der Waals surface area (Å²) < 4.78 is 67.2. The molecule has 59 heavy (non-hydrogen) atoms. The topological polar surface area (TPSA) is 161 Å². The number of fused-ring (bicyclic) bond motifs is 2. The van der Waals surface area contributed by atoms with Gasteiger partial charge in [0.15, 0.2) is 5.76 Å². The molecule has 0 spiro atoms. The van der Waals surface area contributed by atoms with E-state index in [1.807, 2.05) is 18.2 Å². The molecule has 1 amide bonds. The van der Waals surface area contributed by atoms with E-state index in [4.69, 9.17) is 4.42 Å². The van der Waals surface area contributed by atoms with Crippen LogP contribution in [0.4, 0.5) is 22.7 Å². The maximum Gasteiger partial charge on any atom is 0.330 e. The number of nitrogens with zero attached hydrogens (tertiary/aromatic N) is 5. The Labute approximate surface area is 343 Å². The van der Waals surface area contributed by atoms with Crippen LogP contribution in [0.1, 0.15) is 34.5 Å². The number of rotatable bonds is 14. The molecule has 2 N–H and O–H groups in total. The molecule has 13 nitrogen and oxygen atoms in total. The number of piperazine rings is 1. The predicted molar refractivity (Wildman–Crippen MR) is 231 cm³/mol. The van der Waals surface area contributed by atoms with Crippen molar-refractivity contribution >= 4 is 70.9 Å². The summed E-state index contributed by atoms with van der Waals surface area (Å²) in [6.45, 7) is 4.16. The Balaban J connectivity index is 0.893. The number of anilines is 4. The van der Waals surface area contributed by atoms with E-state index in [2.05, 4.69) is 25.3 Å². The molecule has 1 aliphatic heterocycles. The first-order valence-electron chi connectivity index (χ1n) is 19.2. The lowest BCUT2D eigenvalue weighted by Crippen LogP contribution is -2.46. The van der Waals surface area contributed by atoms with Crippen LogP contribution in [-0.2, 0) is 26.8 Å². The molecule has 1 fully saturated rings. The van der Waals surface area contributed by atoms with Gasteiger partial charge in [-0.05, 0) is 110 Å². The molecule has 0 saturated carbocycles. The zero-order valence-corrected chi connectivity index (χ0v) is 33.6. The van der Waals surface area contributed by atoms with Gasteiger partial charge in [0.25, 0.3) is 0 Å². The molecule has 300 valence electrons. The van der Waals surface area contributed by atoms with Crippen LogP contribution in [0.15, 0.2) is 144 Å². The molecule has 0 atom stereocenters. The van der Waals surface area contributed by atoms with Crippen molar-refractivity contribution < 1.29 is 26.0 Å². The highest BCUT2D eigenvalue weighted by molar-refractivity contribution is 7.94. The largest absolute Gasteiger partial charge is 0.451 e. The number of hydrogen-bond donors (Lipinski definition) is 2. The minimum Gasteiger partial charge on any atom is -0.451 e. The second kappa shape index (κ2) is 16.7. The fourth-order valence-corrected chi connectivity index (χ4v) is 9.83. The van der Waals surface area contributed by atoms with Crippen molar-refractivity contribution in [2.24, 2.45) is 0 Å². The van der Waals surface area contributed by atoms with E-state index in [0.717, 1.165) is 66.5 Å². The summed E-state index contributed by atoms with van der Waals surface area (Å²) in [6, 6.07) is 39.8. The molecule has 0 unspecified atom stereocenters. The average Bonchev–Trinajstić information content (AvgIpc) is 3.85. The van der Waals surface area contributed by atoms with Crippen LogP contribution in [0, 0.1) is 11.3 Å². The Bertz CT molecular complexity index is 2870. The van der Waals surface area contributed by atoms with E-state index in [1.165, 1.54) is 3.97 Å². The maximum absolute atomic E-state index is 13.9. The van der Waals surface area contributed by atoms with Crippen LogP contribution in [0.5, 0.6) is 0 Å². The molecule has 1 saturated heterocycles. The first-order chi connectivity index (χ1) is 28.6. The minimum absolute atomic E-state index is 0.107. The van der Waals surface area contributed by atoms with Gasteiger partial charge in [-0.1, -0.05) is 54.6 Å². The summed E-state index contributed by atoms with van der Waals surface area (Å²) >= 11 is 0. The van der Waals surface area contributed by atoms with Gasteiger partial charge < -0.3 is 9.32 Å². The van der Waals surface area contributed by atoms with Crippen molar-refractivity contribution in [1.82, 2.24) is 8.87 Å². The third kappa shape index (κ3) is 8.65. The smallest absolute Gasteiger partial charge is 0.330 e.